The van der Waals surface area contributed by atoms with Crippen molar-refractivity contribution in [3.05, 3.63) is 59.7 Å². The van der Waals surface area contributed by atoms with Crippen molar-refractivity contribution in [2.24, 2.45) is 0 Å². The Morgan fingerprint density at radius 1 is 1.21 bits per heavy atom. The van der Waals surface area contributed by atoms with Crippen molar-refractivity contribution >= 4 is 17.7 Å². The third-order valence-corrected chi connectivity index (χ3v) is 5.08. The highest BCUT2D eigenvalue weighted by molar-refractivity contribution is 7.98. The summed E-state index contributed by atoms with van der Waals surface area (Å²) in [5.74, 6) is 0.891. The van der Waals surface area contributed by atoms with Gasteiger partial charge in [-0.25, -0.2) is 0 Å². The Kier molecular flexibility index (Phi) is 5.43. The zero-order valence-corrected chi connectivity index (χ0v) is 14.8. The zero-order chi connectivity index (χ0) is 16.9. The maximum atomic E-state index is 13.0. The Bertz CT molecular complexity index is 703. The van der Waals surface area contributed by atoms with Crippen molar-refractivity contribution in [2.75, 3.05) is 33.0 Å². The molecule has 24 heavy (non-hydrogen) atoms. The van der Waals surface area contributed by atoms with Crippen LogP contribution in [0.3, 0.4) is 0 Å². The van der Waals surface area contributed by atoms with Crippen LogP contribution in [0.2, 0.25) is 0 Å². The van der Waals surface area contributed by atoms with Gasteiger partial charge in [-0.1, -0.05) is 18.2 Å². The molecule has 1 heterocycles. The number of nitrogens with zero attached hydrogens (tertiary/aromatic N) is 1. The van der Waals surface area contributed by atoms with E-state index in [-0.39, 0.29) is 11.9 Å². The number of benzene rings is 2. The number of methoxy groups -OCH3 is 1. The number of rotatable bonds is 4. The van der Waals surface area contributed by atoms with Crippen molar-refractivity contribution in [1.29, 1.82) is 0 Å². The molecule has 2 aromatic carbocycles. The molecule has 1 atom stereocenters. The van der Waals surface area contributed by atoms with E-state index in [1.54, 1.807) is 18.9 Å². The smallest absolute Gasteiger partial charge is 0.254 e. The average Bonchev–Trinajstić information content (AvgIpc) is 2.67. The number of amides is 1. The highest BCUT2D eigenvalue weighted by Gasteiger charge is 2.30. The maximum absolute atomic E-state index is 13.0. The summed E-state index contributed by atoms with van der Waals surface area (Å²) in [5, 5.41) is 3.39. The van der Waals surface area contributed by atoms with Crippen LogP contribution >= 0.6 is 11.8 Å². The normalized spacial score (nSPS) is 17.6. The molecule has 126 valence electrons. The second-order valence-electron chi connectivity index (χ2n) is 5.69. The van der Waals surface area contributed by atoms with Gasteiger partial charge >= 0.3 is 0 Å². The first-order chi connectivity index (χ1) is 11.7. The van der Waals surface area contributed by atoms with Crippen LogP contribution in [0.1, 0.15) is 22.0 Å². The molecule has 4 nitrogen and oxygen atoms in total. The second-order valence-corrected chi connectivity index (χ2v) is 6.57. The van der Waals surface area contributed by atoms with Crippen molar-refractivity contribution in [1.82, 2.24) is 10.2 Å². The predicted molar refractivity (Wildman–Crippen MR) is 97.9 cm³/mol. The highest BCUT2D eigenvalue weighted by Crippen LogP contribution is 2.31. The average molecular weight is 342 g/mol. The van der Waals surface area contributed by atoms with Gasteiger partial charge in [0, 0.05) is 35.7 Å². The van der Waals surface area contributed by atoms with E-state index in [1.165, 1.54) is 0 Å². The number of hydrogen-bond acceptors (Lipinski definition) is 4. The molecule has 0 saturated carbocycles. The van der Waals surface area contributed by atoms with E-state index in [0.717, 1.165) is 34.9 Å². The van der Waals surface area contributed by atoms with Crippen molar-refractivity contribution in [3.8, 4) is 5.75 Å². The van der Waals surface area contributed by atoms with Crippen molar-refractivity contribution in [3.63, 3.8) is 0 Å². The van der Waals surface area contributed by atoms with Crippen molar-refractivity contribution < 1.29 is 9.53 Å². The molecule has 1 aliphatic heterocycles. The van der Waals surface area contributed by atoms with Gasteiger partial charge in [-0.3, -0.25) is 4.79 Å². The Morgan fingerprint density at radius 2 is 1.96 bits per heavy atom. The van der Waals surface area contributed by atoms with Crippen LogP contribution in [0.15, 0.2) is 53.4 Å². The van der Waals surface area contributed by atoms with E-state index < -0.39 is 0 Å². The predicted octanol–water partition coefficient (Wildman–Crippen LogP) is 3.20. The number of hydrogen-bond donors (Lipinski definition) is 1. The Labute approximate surface area is 147 Å². The molecular formula is C19H22N2O2S. The Morgan fingerprint density at radius 3 is 2.67 bits per heavy atom. The summed E-state index contributed by atoms with van der Waals surface area (Å²) in [4.78, 5) is 16.1. The monoisotopic (exact) mass is 342 g/mol. The number of piperazine rings is 1. The van der Waals surface area contributed by atoms with Gasteiger partial charge in [-0.15, -0.1) is 11.8 Å². The van der Waals surface area contributed by atoms with Crippen LogP contribution in [-0.4, -0.2) is 43.8 Å². The molecule has 2 aromatic rings. The van der Waals surface area contributed by atoms with Crippen LogP contribution in [0.4, 0.5) is 0 Å². The third kappa shape index (κ3) is 3.42. The second kappa shape index (κ2) is 7.73. The molecule has 1 saturated heterocycles. The quantitative estimate of drug-likeness (QED) is 0.867. The number of carbonyl (C=O) groups is 1. The minimum atomic E-state index is -0.0253. The van der Waals surface area contributed by atoms with Crippen LogP contribution in [-0.2, 0) is 0 Å². The van der Waals surface area contributed by atoms with Gasteiger partial charge in [0.25, 0.3) is 5.91 Å². The largest absolute Gasteiger partial charge is 0.496 e. The lowest BCUT2D eigenvalue weighted by Gasteiger charge is -2.37. The van der Waals surface area contributed by atoms with Gasteiger partial charge in [0.1, 0.15) is 5.75 Å². The Balaban J connectivity index is 1.90. The fourth-order valence-electron chi connectivity index (χ4n) is 3.07. The molecule has 1 amide bonds. The number of para-hydroxylation sites is 1. The lowest BCUT2D eigenvalue weighted by Crippen LogP contribution is -2.48. The molecule has 1 fully saturated rings. The SMILES string of the molecule is COc1ccccc1C1CNCCN1C(=O)c1ccc(SC)cc1. The summed E-state index contributed by atoms with van der Waals surface area (Å²) in [5.41, 5.74) is 1.77. The zero-order valence-electron chi connectivity index (χ0n) is 14.0. The summed E-state index contributed by atoms with van der Waals surface area (Å²) in [6, 6.07) is 15.7. The topological polar surface area (TPSA) is 41.6 Å². The number of ether oxygens (including phenoxy) is 1. The van der Waals surface area contributed by atoms with Crippen molar-refractivity contribution in [2.45, 2.75) is 10.9 Å². The van der Waals surface area contributed by atoms with E-state index in [2.05, 4.69) is 5.32 Å². The van der Waals surface area contributed by atoms with Gasteiger partial charge in [0.15, 0.2) is 0 Å². The van der Waals surface area contributed by atoms with Crippen LogP contribution in [0, 0.1) is 0 Å². The third-order valence-electron chi connectivity index (χ3n) is 4.34. The molecule has 0 spiro atoms. The molecule has 3 rings (SSSR count). The number of nitrogens with one attached hydrogen (secondary N) is 1. The molecule has 0 aliphatic carbocycles. The minimum absolute atomic E-state index is 0.0253. The first-order valence-corrected chi connectivity index (χ1v) is 9.25. The van der Waals surface area contributed by atoms with E-state index in [4.69, 9.17) is 4.74 Å². The summed E-state index contributed by atoms with van der Waals surface area (Å²) < 4.78 is 5.49. The Hall–Kier alpha value is -1.98. The van der Waals surface area contributed by atoms with E-state index in [1.807, 2.05) is 59.7 Å². The molecule has 0 aromatic heterocycles. The number of thioether (sulfide) groups is 1. The van der Waals surface area contributed by atoms with Gasteiger partial charge in [0.05, 0.1) is 13.2 Å². The van der Waals surface area contributed by atoms with E-state index in [0.29, 0.717) is 6.54 Å². The first-order valence-electron chi connectivity index (χ1n) is 8.03. The molecule has 0 bridgehead atoms. The highest BCUT2D eigenvalue weighted by atomic mass is 32.2. The lowest BCUT2D eigenvalue weighted by atomic mass is 10.0. The lowest BCUT2D eigenvalue weighted by molar-refractivity contribution is 0.0631. The summed E-state index contributed by atoms with van der Waals surface area (Å²) in [7, 11) is 1.67. The standard InChI is InChI=1S/C19H22N2O2S/c1-23-18-6-4-3-5-16(18)17-13-20-11-12-21(17)19(22)14-7-9-15(24-2)10-8-14/h3-10,17,20H,11-13H2,1-2H3. The maximum Gasteiger partial charge on any atom is 0.254 e. The van der Waals surface area contributed by atoms with E-state index in [9.17, 15) is 4.79 Å². The van der Waals surface area contributed by atoms with Gasteiger partial charge < -0.3 is 15.0 Å². The van der Waals surface area contributed by atoms with Gasteiger partial charge in [0.2, 0.25) is 0 Å². The summed E-state index contributed by atoms with van der Waals surface area (Å²) in [6.07, 6.45) is 2.03. The fourth-order valence-corrected chi connectivity index (χ4v) is 3.47. The van der Waals surface area contributed by atoms with Crippen LogP contribution in [0.25, 0.3) is 0 Å². The number of carbonyl (C=O) groups excluding carboxylic acids is 1. The molecule has 1 aliphatic rings. The van der Waals surface area contributed by atoms with Gasteiger partial charge in [-0.2, -0.15) is 0 Å². The molecular weight excluding hydrogens is 320 g/mol. The van der Waals surface area contributed by atoms with E-state index >= 15 is 0 Å². The molecule has 1 unspecified atom stereocenters. The van der Waals surface area contributed by atoms with Gasteiger partial charge in [-0.05, 0) is 36.6 Å². The summed E-state index contributed by atoms with van der Waals surface area (Å²) >= 11 is 1.68. The summed E-state index contributed by atoms with van der Waals surface area (Å²) in [6.45, 7) is 2.22. The van der Waals surface area contributed by atoms with Crippen LogP contribution in [0.5, 0.6) is 5.75 Å². The first kappa shape index (κ1) is 16.9. The van der Waals surface area contributed by atoms with Crippen LogP contribution < -0.4 is 10.1 Å². The molecule has 0 radical (unpaired) electrons. The minimum Gasteiger partial charge on any atom is -0.496 e. The fraction of sp³-hybridized carbons (Fsp3) is 0.316. The molecule has 5 heteroatoms. The molecule has 1 N–H and O–H groups in total.